The van der Waals surface area contributed by atoms with Gasteiger partial charge >= 0.3 is 5.97 Å². The van der Waals surface area contributed by atoms with E-state index in [9.17, 15) is 9.59 Å². The molecule has 0 atom stereocenters. The normalized spacial score (nSPS) is 10.9. The average Bonchev–Trinajstić information content (AvgIpc) is 2.41. The van der Waals surface area contributed by atoms with Crippen molar-refractivity contribution in [3.05, 3.63) is 41.5 Å². The summed E-state index contributed by atoms with van der Waals surface area (Å²) in [6.45, 7) is 1.90. The molecule has 106 valence electrons. The predicted molar refractivity (Wildman–Crippen MR) is 77.4 cm³/mol. The minimum atomic E-state index is -1.02. The topological polar surface area (TPSA) is 75.6 Å². The minimum absolute atomic E-state index is 0.0885. The first-order chi connectivity index (χ1) is 9.52. The van der Waals surface area contributed by atoms with Gasteiger partial charge in [-0.05, 0) is 23.8 Å². The standard InChI is InChI=1S/C15H17NO4/c1-11(17)16-9-3-4-12-5-7-14(20-2)13(10-12)6-8-15(18)19/h3-8,10H,9H2,1-2H3,(H,16,17)(H,18,19)/b4-3?,8-6+. The highest BCUT2D eigenvalue weighted by atomic mass is 16.5. The zero-order valence-corrected chi connectivity index (χ0v) is 11.4. The molecule has 0 saturated heterocycles. The van der Waals surface area contributed by atoms with Gasteiger partial charge in [0.2, 0.25) is 5.91 Å². The second kappa shape index (κ2) is 7.78. The van der Waals surface area contributed by atoms with Crippen molar-refractivity contribution in [3.8, 4) is 5.75 Å². The van der Waals surface area contributed by atoms with E-state index in [-0.39, 0.29) is 5.91 Å². The van der Waals surface area contributed by atoms with E-state index in [0.717, 1.165) is 11.6 Å². The van der Waals surface area contributed by atoms with Gasteiger partial charge < -0.3 is 15.2 Å². The maximum Gasteiger partial charge on any atom is 0.328 e. The molecule has 20 heavy (non-hydrogen) atoms. The largest absolute Gasteiger partial charge is 0.496 e. The number of carbonyl (C=O) groups excluding carboxylic acids is 1. The van der Waals surface area contributed by atoms with Crippen LogP contribution in [0.2, 0.25) is 0 Å². The number of aliphatic carboxylic acids is 1. The first kappa shape index (κ1) is 15.5. The van der Waals surface area contributed by atoms with E-state index >= 15 is 0 Å². The molecule has 0 aliphatic carbocycles. The minimum Gasteiger partial charge on any atom is -0.496 e. The third-order valence-electron chi connectivity index (χ3n) is 2.44. The molecule has 1 aromatic rings. The predicted octanol–water partition coefficient (Wildman–Crippen LogP) is 1.94. The van der Waals surface area contributed by atoms with Crippen LogP contribution in [0.25, 0.3) is 12.2 Å². The number of methoxy groups -OCH3 is 1. The zero-order valence-electron chi connectivity index (χ0n) is 11.4. The number of amides is 1. The number of carboxylic acids is 1. The van der Waals surface area contributed by atoms with Gasteiger partial charge in [-0.1, -0.05) is 18.2 Å². The molecule has 0 unspecified atom stereocenters. The lowest BCUT2D eigenvalue weighted by Gasteiger charge is -2.05. The van der Waals surface area contributed by atoms with E-state index in [0.29, 0.717) is 17.9 Å². The quantitative estimate of drug-likeness (QED) is 0.778. The van der Waals surface area contributed by atoms with Gasteiger partial charge in [0.25, 0.3) is 0 Å². The van der Waals surface area contributed by atoms with E-state index in [1.165, 1.54) is 20.1 Å². The molecule has 0 aliphatic rings. The van der Waals surface area contributed by atoms with Gasteiger partial charge in [0.05, 0.1) is 7.11 Å². The zero-order chi connectivity index (χ0) is 15.0. The first-order valence-corrected chi connectivity index (χ1v) is 6.03. The van der Waals surface area contributed by atoms with Crippen LogP contribution in [-0.4, -0.2) is 30.6 Å². The number of nitrogens with one attached hydrogen (secondary N) is 1. The lowest BCUT2D eigenvalue weighted by molar-refractivity contribution is -0.131. The lowest BCUT2D eigenvalue weighted by Crippen LogP contribution is -2.19. The van der Waals surface area contributed by atoms with Crippen molar-refractivity contribution >= 4 is 24.0 Å². The van der Waals surface area contributed by atoms with Crippen LogP contribution in [-0.2, 0) is 9.59 Å². The Hall–Kier alpha value is -2.56. The summed E-state index contributed by atoms with van der Waals surface area (Å²) in [5.74, 6) is -0.505. The van der Waals surface area contributed by atoms with Crippen LogP contribution in [0.1, 0.15) is 18.1 Å². The molecular weight excluding hydrogens is 258 g/mol. The Balaban J connectivity index is 2.86. The third-order valence-corrected chi connectivity index (χ3v) is 2.44. The molecule has 0 heterocycles. The SMILES string of the molecule is COc1ccc(C=CCNC(C)=O)cc1/C=C/C(=O)O. The maximum atomic E-state index is 10.7. The molecule has 0 radical (unpaired) electrons. The molecule has 0 aromatic heterocycles. The number of carbonyl (C=O) groups is 2. The van der Waals surface area contributed by atoms with E-state index in [4.69, 9.17) is 9.84 Å². The van der Waals surface area contributed by atoms with Crippen LogP contribution < -0.4 is 10.1 Å². The lowest BCUT2D eigenvalue weighted by atomic mass is 10.1. The van der Waals surface area contributed by atoms with Crippen LogP contribution >= 0.6 is 0 Å². The van der Waals surface area contributed by atoms with Crippen LogP contribution in [0, 0.1) is 0 Å². The summed E-state index contributed by atoms with van der Waals surface area (Å²) in [6.07, 6.45) is 6.19. The van der Waals surface area contributed by atoms with E-state index in [1.54, 1.807) is 6.07 Å². The van der Waals surface area contributed by atoms with Crippen LogP contribution in [0.5, 0.6) is 5.75 Å². The van der Waals surface area contributed by atoms with Crippen molar-refractivity contribution in [3.63, 3.8) is 0 Å². The van der Waals surface area contributed by atoms with Gasteiger partial charge in [-0.15, -0.1) is 0 Å². The smallest absolute Gasteiger partial charge is 0.328 e. The molecule has 1 rings (SSSR count). The molecule has 1 amide bonds. The van der Waals surface area contributed by atoms with Crippen molar-refractivity contribution in [1.82, 2.24) is 5.32 Å². The Kier molecular flexibility index (Phi) is 6.03. The van der Waals surface area contributed by atoms with Crippen molar-refractivity contribution in [2.45, 2.75) is 6.92 Å². The Labute approximate surface area is 117 Å². The monoisotopic (exact) mass is 275 g/mol. The highest BCUT2D eigenvalue weighted by molar-refractivity contribution is 5.86. The summed E-state index contributed by atoms with van der Waals surface area (Å²) in [7, 11) is 1.53. The fraction of sp³-hybridized carbons (Fsp3) is 0.200. The number of ether oxygens (including phenoxy) is 1. The molecule has 1 aromatic carbocycles. The van der Waals surface area contributed by atoms with Gasteiger partial charge in [-0.3, -0.25) is 4.79 Å². The summed E-state index contributed by atoms with van der Waals surface area (Å²) in [5, 5.41) is 11.3. The van der Waals surface area contributed by atoms with Gasteiger partial charge in [-0.2, -0.15) is 0 Å². The van der Waals surface area contributed by atoms with Crippen molar-refractivity contribution in [2.75, 3.05) is 13.7 Å². The highest BCUT2D eigenvalue weighted by Crippen LogP contribution is 2.22. The number of hydrogen-bond acceptors (Lipinski definition) is 3. The highest BCUT2D eigenvalue weighted by Gasteiger charge is 2.01. The average molecular weight is 275 g/mol. The summed E-state index contributed by atoms with van der Waals surface area (Å²) >= 11 is 0. The van der Waals surface area contributed by atoms with Crippen LogP contribution in [0.3, 0.4) is 0 Å². The van der Waals surface area contributed by atoms with E-state index in [2.05, 4.69) is 5.32 Å². The molecule has 5 heteroatoms. The van der Waals surface area contributed by atoms with E-state index < -0.39 is 5.97 Å². The molecule has 2 N–H and O–H groups in total. The second-order valence-electron chi connectivity index (χ2n) is 4.01. The Morgan fingerprint density at radius 1 is 1.35 bits per heavy atom. The summed E-state index contributed by atoms with van der Waals surface area (Å²) in [4.78, 5) is 21.3. The molecule has 0 fully saturated rings. The van der Waals surface area contributed by atoms with Crippen molar-refractivity contribution in [1.29, 1.82) is 0 Å². The maximum absolute atomic E-state index is 10.7. The first-order valence-electron chi connectivity index (χ1n) is 6.03. The fourth-order valence-electron chi connectivity index (χ4n) is 1.55. The molecule has 0 bridgehead atoms. The molecule has 5 nitrogen and oxygen atoms in total. The Morgan fingerprint density at radius 2 is 2.10 bits per heavy atom. The summed E-state index contributed by atoms with van der Waals surface area (Å²) in [6, 6.07) is 5.42. The molecular formula is C15H17NO4. The van der Waals surface area contributed by atoms with Gasteiger partial charge in [-0.25, -0.2) is 4.79 Å². The van der Waals surface area contributed by atoms with Crippen molar-refractivity contribution in [2.24, 2.45) is 0 Å². The van der Waals surface area contributed by atoms with Crippen molar-refractivity contribution < 1.29 is 19.4 Å². The fourth-order valence-corrected chi connectivity index (χ4v) is 1.55. The molecule has 0 aliphatic heterocycles. The van der Waals surface area contributed by atoms with Gasteiger partial charge in [0.1, 0.15) is 5.75 Å². The second-order valence-corrected chi connectivity index (χ2v) is 4.01. The molecule has 0 saturated carbocycles. The number of benzene rings is 1. The molecule has 0 spiro atoms. The van der Waals surface area contributed by atoms with E-state index in [1.807, 2.05) is 24.3 Å². The summed E-state index contributed by atoms with van der Waals surface area (Å²) < 4.78 is 5.16. The number of rotatable bonds is 6. The van der Waals surface area contributed by atoms with Gasteiger partial charge in [0, 0.05) is 25.1 Å². The van der Waals surface area contributed by atoms with Crippen LogP contribution in [0.15, 0.2) is 30.4 Å². The number of hydrogen-bond donors (Lipinski definition) is 2. The number of carboxylic acid groups (broad SMARTS) is 1. The van der Waals surface area contributed by atoms with Gasteiger partial charge in [0.15, 0.2) is 0 Å². The van der Waals surface area contributed by atoms with Crippen LogP contribution in [0.4, 0.5) is 0 Å². The third kappa shape index (κ3) is 5.39. The Morgan fingerprint density at radius 3 is 2.70 bits per heavy atom. The summed E-state index contributed by atoms with van der Waals surface area (Å²) in [5.41, 5.74) is 1.57. The Bertz CT molecular complexity index is 547.